The van der Waals surface area contributed by atoms with E-state index in [9.17, 15) is 5.11 Å². The van der Waals surface area contributed by atoms with Gasteiger partial charge in [-0.2, -0.15) is 0 Å². The highest BCUT2D eigenvalue weighted by Crippen LogP contribution is 2.25. The molecule has 1 aromatic carbocycles. The van der Waals surface area contributed by atoms with Gasteiger partial charge in [-0.3, -0.25) is 9.88 Å². The minimum Gasteiger partial charge on any atom is -0.392 e. The second-order valence-corrected chi connectivity index (χ2v) is 7.38. The molecule has 1 fully saturated rings. The summed E-state index contributed by atoms with van der Waals surface area (Å²) in [7, 11) is 0. The number of aryl methyl sites for hydroxylation is 2. The Morgan fingerprint density at radius 2 is 1.96 bits per heavy atom. The van der Waals surface area contributed by atoms with Gasteiger partial charge in [-0.15, -0.1) is 0 Å². The van der Waals surface area contributed by atoms with Gasteiger partial charge in [0.1, 0.15) is 0 Å². The van der Waals surface area contributed by atoms with E-state index >= 15 is 0 Å². The predicted octanol–water partition coefficient (Wildman–Crippen LogP) is 3.68. The zero-order valence-corrected chi connectivity index (χ0v) is 16.2. The van der Waals surface area contributed by atoms with E-state index in [-0.39, 0.29) is 6.61 Å². The molecule has 4 heteroatoms. The molecule has 1 aliphatic heterocycles. The summed E-state index contributed by atoms with van der Waals surface area (Å²) >= 11 is 0. The van der Waals surface area contributed by atoms with Crippen LogP contribution in [0.15, 0.2) is 30.5 Å². The Labute approximate surface area is 156 Å². The van der Waals surface area contributed by atoms with E-state index in [1.165, 1.54) is 22.3 Å². The topological polar surface area (TPSA) is 45.6 Å². The number of ether oxygens (including phenoxy) is 1. The zero-order valence-electron chi connectivity index (χ0n) is 16.2. The predicted molar refractivity (Wildman–Crippen MR) is 104 cm³/mol. The monoisotopic (exact) mass is 354 g/mol. The van der Waals surface area contributed by atoms with Crippen molar-refractivity contribution in [3.8, 4) is 0 Å². The fraction of sp³-hybridized carbons (Fsp3) is 0.500. The summed E-state index contributed by atoms with van der Waals surface area (Å²) in [5, 5.41) is 9.77. The number of aliphatic hydroxyl groups is 1. The van der Waals surface area contributed by atoms with Crippen LogP contribution in [-0.2, 0) is 24.4 Å². The molecule has 2 heterocycles. The molecule has 0 saturated carbocycles. The number of aliphatic hydroxyl groups excluding tert-OH is 1. The van der Waals surface area contributed by atoms with Gasteiger partial charge in [0.15, 0.2) is 0 Å². The molecule has 0 spiro atoms. The molecule has 140 valence electrons. The molecule has 1 N–H and O–H groups in total. The number of rotatable bonds is 7. The van der Waals surface area contributed by atoms with Crippen molar-refractivity contribution in [1.29, 1.82) is 0 Å². The van der Waals surface area contributed by atoms with Crippen LogP contribution in [0, 0.1) is 20.8 Å². The maximum Gasteiger partial charge on any atom is 0.0703 e. The molecule has 0 radical (unpaired) electrons. The highest BCUT2D eigenvalue weighted by molar-refractivity contribution is 5.44. The van der Waals surface area contributed by atoms with Crippen molar-refractivity contribution in [2.45, 2.75) is 59.4 Å². The average molecular weight is 354 g/mol. The molecular weight excluding hydrogens is 324 g/mol. The number of aromatic nitrogens is 1. The van der Waals surface area contributed by atoms with Crippen LogP contribution in [0.4, 0.5) is 0 Å². The Kier molecular flexibility index (Phi) is 6.41. The van der Waals surface area contributed by atoms with Crippen LogP contribution in [0.25, 0.3) is 0 Å². The molecule has 0 unspecified atom stereocenters. The lowest BCUT2D eigenvalue weighted by molar-refractivity contribution is 0.0673. The summed E-state index contributed by atoms with van der Waals surface area (Å²) in [6.45, 7) is 9.91. The van der Waals surface area contributed by atoms with E-state index in [0.29, 0.717) is 6.10 Å². The van der Waals surface area contributed by atoms with Crippen LogP contribution in [0.1, 0.15) is 46.4 Å². The molecular formula is C22H30N2O2. The Balaban J connectivity index is 1.85. The quantitative estimate of drug-likeness (QED) is 0.824. The van der Waals surface area contributed by atoms with Gasteiger partial charge in [-0.25, -0.2) is 0 Å². The number of nitrogens with zero attached hydrogens (tertiary/aromatic N) is 2. The number of hydrogen-bond acceptors (Lipinski definition) is 4. The molecule has 0 aliphatic carbocycles. The van der Waals surface area contributed by atoms with Gasteiger partial charge in [0.05, 0.1) is 18.4 Å². The third kappa shape index (κ3) is 4.50. The summed E-state index contributed by atoms with van der Waals surface area (Å²) in [5.41, 5.74) is 7.12. The van der Waals surface area contributed by atoms with Gasteiger partial charge in [-0.1, -0.05) is 12.1 Å². The molecule has 26 heavy (non-hydrogen) atoms. The van der Waals surface area contributed by atoms with Crippen molar-refractivity contribution >= 4 is 0 Å². The first-order chi connectivity index (χ1) is 12.6. The van der Waals surface area contributed by atoms with Crippen LogP contribution in [0.3, 0.4) is 0 Å². The molecule has 3 rings (SSSR count). The second kappa shape index (κ2) is 8.76. The SMILES string of the molecule is Cc1cc(C)c(CN(Cc2ccccn2)C[C@H]2CCCO2)c(C)c1CO. The van der Waals surface area contributed by atoms with E-state index in [1.807, 2.05) is 18.3 Å². The first-order valence-corrected chi connectivity index (χ1v) is 9.51. The third-order valence-electron chi connectivity index (χ3n) is 5.43. The van der Waals surface area contributed by atoms with Crippen molar-refractivity contribution in [3.63, 3.8) is 0 Å². The van der Waals surface area contributed by atoms with Crippen LogP contribution >= 0.6 is 0 Å². The molecule has 1 saturated heterocycles. The lowest BCUT2D eigenvalue weighted by Crippen LogP contribution is -2.32. The minimum atomic E-state index is 0.0942. The average Bonchev–Trinajstić information content (AvgIpc) is 3.12. The third-order valence-corrected chi connectivity index (χ3v) is 5.43. The second-order valence-electron chi connectivity index (χ2n) is 7.38. The molecule has 4 nitrogen and oxygen atoms in total. The Hall–Kier alpha value is -1.75. The Bertz CT molecular complexity index is 725. The maximum atomic E-state index is 9.77. The summed E-state index contributed by atoms with van der Waals surface area (Å²) < 4.78 is 5.88. The molecule has 1 aliphatic rings. The maximum absolute atomic E-state index is 9.77. The number of hydrogen-bond donors (Lipinski definition) is 1. The van der Waals surface area contributed by atoms with E-state index in [4.69, 9.17) is 4.74 Å². The number of benzene rings is 1. The largest absolute Gasteiger partial charge is 0.392 e. The lowest BCUT2D eigenvalue weighted by Gasteiger charge is -2.27. The molecule has 1 atom stereocenters. The van der Waals surface area contributed by atoms with Gasteiger partial charge in [0.2, 0.25) is 0 Å². The van der Waals surface area contributed by atoms with Crippen LogP contribution in [0.2, 0.25) is 0 Å². The smallest absolute Gasteiger partial charge is 0.0703 e. The summed E-state index contributed by atoms with van der Waals surface area (Å²) in [5.74, 6) is 0. The van der Waals surface area contributed by atoms with Crippen LogP contribution in [-0.4, -0.2) is 34.2 Å². The fourth-order valence-corrected chi connectivity index (χ4v) is 3.96. The Morgan fingerprint density at radius 1 is 1.15 bits per heavy atom. The van der Waals surface area contributed by atoms with Crippen molar-refractivity contribution in [1.82, 2.24) is 9.88 Å². The Morgan fingerprint density at radius 3 is 2.62 bits per heavy atom. The van der Waals surface area contributed by atoms with E-state index in [0.717, 1.165) is 50.3 Å². The zero-order chi connectivity index (χ0) is 18.5. The fourth-order valence-electron chi connectivity index (χ4n) is 3.96. The highest BCUT2D eigenvalue weighted by atomic mass is 16.5. The first-order valence-electron chi connectivity index (χ1n) is 9.51. The van der Waals surface area contributed by atoms with Crippen molar-refractivity contribution < 1.29 is 9.84 Å². The van der Waals surface area contributed by atoms with Gasteiger partial charge in [-0.05, 0) is 73.6 Å². The highest BCUT2D eigenvalue weighted by Gasteiger charge is 2.21. The molecule has 1 aromatic heterocycles. The lowest BCUT2D eigenvalue weighted by atomic mass is 9.93. The summed E-state index contributed by atoms with van der Waals surface area (Å²) in [6.07, 6.45) is 4.44. The minimum absolute atomic E-state index is 0.0942. The van der Waals surface area contributed by atoms with E-state index in [2.05, 4.69) is 42.8 Å². The van der Waals surface area contributed by atoms with Crippen LogP contribution < -0.4 is 0 Å². The number of pyridine rings is 1. The van der Waals surface area contributed by atoms with Crippen molar-refractivity contribution in [2.75, 3.05) is 13.2 Å². The van der Waals surface area contributed by atoms with E-state index in [1.54, 1.807) is 0 Å². The first kappa shape index (κ1) is 19.0. The van der Waals surface area contributed by atoms with Gasteiger partial charge in [0.25, 0.3) is 0 Å². The summed E-state index contributed by atoms with van der Waals surface area (Å²) in [4.78, 5) is 6.94. The van der Waals surface area contributed by atoms with E-state index < -0.39 is 0 Å². The normalized spacial score (nSPS) is 17.2. The van der Waals surface area contributed by atoms with Crippen molar-refractivity contribution in [3.05, 3.63) is 64.0 Å². The van der Waals surface area contributed by atoms with Gasteiger partial charge < -0.3 is 9.84 Å². The molecule has 2 aromatic rings. The molecule has 0 bridgehead atoms. The standard InChI is InChI=1S/C22H30N2O2/c1-16-11-17(2)22(15-25)18(3)21(16)14-24(13-20-8-6-10-26-20)12-19-7-4-5-9-23-19/h4-5,7,9,11,20,25H,6,8,10,12-15H2,1-3H3/t20-/m1/s1. The summed E-state index contributed by atoms with van der Waals surface area (Å²) in [6, 6.07) is 8.27. The van der Waals surface area contributed by atoms with Crippen LogP contribution in [0.5, 0.6) is 0 Å². The molecule has 0 amide bonds. The van der Waals surface area contributed by atoms with Crippen molar-refractivity contribution in [2.24, 2.45) is 0 Å². The van der Waals surface area contributed by atoms with Gasteiger partial charge in [0, 0.05) is 32.4 Å². The van der Waals surface area contributed by atoms with Gasteiger partial charge >= 0.3 is 0 Å².